The van der Waals surface area contributed by atoms with Crippen LogP contribution >= 0.6 is 0 Å². The molecule has 0 aliphatic carbocycles. The lowest BCUT2D eigenvalue weighted by molar-refractivity contribution is -0.136. The van der Waals surface area contributed by atoms with Gasteiger partial charge in [-0.2, -0.15) is 0 Å². The Balaban J connectivity index is 1.37. The number of piperidine rings is 2. The van der Waals surface area contributed by atoms with Gasteiger partial charge in [0.1, 0.15) is 6.04 Å². The number of benzene rings is 1. The van der Waals surface area contributed by atoms with Gasteiger partial charge in [-0.25, -0.2) is 0 Å². The van der Waals surface area contributed by atoms with E-state index < -0.39 is 6.04 Å². The van der Waals surface area contributed by atoms with Crippen LogP contribution in [-0.2, 0) is 16.1 Å². The molecule has 0 radical (unpaired) electrons. The van der Waals surface area contributed by atoms with Gasteiger partial charge in [-0.15, -0.1) is 0 Å². The molecule has 3 saturated heterocycles. The van der Waals surface area contributed by atoms with Crippen LogP contribution in [0, 0.1) is 5.41 Å². The highest BCUT2D eigenvalue weighted by Crippen LogP contribution is 2.44. The molecule has 3 fully saturated rings. The number of nitrogens with one attached hydrogen (secondary N) is 2. The molecule has 1 aromatic rings. The van der Waals surface area contributed by atoms with Gasteiger partial charge in [0, 0.05) is 48.3 Å². The second-order valence-electron chi connectivity index (χ2n) is 8.31. The van der Waals surface area contributed by atoms with E-state index in [1.54, 1.807) is 4.90 Å². The summed E-state index contributed by atoms with van der Waals surface area (Å²) in [7, 11) is 0. The minimum absolute atomic E-state index is 0.0987. The lowest BCUT2D eigenvalue weighted by atomic mass is 9.72. The monoisotopic (exact) mass is 368 g/mol. The number of hydrogen-bond acceptors (Lipinski definition) is 5. The maximum Gasteiger partial charge on any atom is 0.255 e. The van der Waals surface area contributed by atoms with E-state index in [4.69, 9.17) is 0 Å². The molecule has 142 valence electrons. The molecule has 3 amide bonds. The van der Waals surface area contributed by atoms with Crippen molar-refractivity contribution in [1.82, 2.24) is 15.5 Å². The predicted octanol–water partition coefficient (Wildman–Crippen LogP) is 0.637. The van der Waals surface area contributed by atoms with E-state index >= 15 is 0 Å². The molecule has 7 heteroatoms. The molecule has 7 nitrogen and oxygen atoms in total. The topological polar surface area (TPSA) is 81.8 Å². The van der Waals surface area contributed by atoms with E-state index in [2.05, 4.69) is 21.6 Å². The summed E-state index contributed by atoms with van der Waals surface area (Å²) in [6.45, 7) is 4.70. The third-order valence-electron chi connectivity index (χ3n) is 6.61. The minimum Gasteiger partial charge on any atom is -0.370 e. The summed E-state index contributed by atoms with van der Waals surface area (Å²) in [5.41, 5.74) is 3.26. The minimum atomic E-state index is -0.553. The number of amides is 3. The van der Waals surface area contributed by atoms with Gasteiger partial charge in [-0.05, 0) is 44.5 Å². The molecule has 5 rings (SSSR count). The van der Waals surface area contributed by atoms with Gasteiger partial charge in [-0.1, -0.05) is 6.07 Å². The standard InChI is InChI=1S/C20H24N4O3/c25-17-5-4-16(18(26)22-17)24-10-14-13(19(24)27)2-1-3-15(14)23-11-20(12-23)6-8-21-9-7-20/h1-3,16,21H,4-12H2,(H,22,25,26). The lowest BCUT2D eigenvalue weighted by Gasteiger charge is -2.54. The number of rotatable bonds is 2. The first kappa shape index (κ1) is 16.7. The summed E-state index contributed by atoms with van der Waals surface area (Å²) in [4.78, 5) is 40.6. The largest absolute Gasteiger partial charge is 0.370 e. The molecule has 4 aliphatic heterocycles. The zero-order valence-electron chi connectivity index (χ0n) is 15.3. The second-order valence-corrected chi connectivity index (χ2v) is 8.31. The summed E-state index contributed by atoms with van der Waals surface area (Å²) in [5.74, 6) is -0.709. The highest BCUT2D eigenvalue weighted by atomic mass is 16.2. The van der Waals surface area contributed by atoms with E-state index in [-0.39, 0.29) is 24.1 Å². The van der Waals surface area contributed by atoms with Crippen LogP contribution in [0.3, 0.4) is 0 Å². The van der Waals surface area contributed by atoms with Crippen LogP contribution < -0.4 is 15.5 Å². The first-order chi connectivity index (χ1) is 13.1. The number of imide groups is 1. The molecule has 0 aromatic heterocycles. The number of fused-ring (bicyclic) bond motifs is 1. The second kappa shape index (κ2) is 6.05. The Hall–Kier alpha value is -2.41. The van der Waals surface area contributed by atoms with Crippen molar-refractivity contribution in [3.8, 4) is 0 Å². The average Bonchev–Trinajstić information content (AvgIpc) is 2.97. The van der Waals surface area contributed by atoms with Crippen LogP contribution in [0.15, 0.2) is 18.2 Å². The molecule has 0 saturated carbocycles. The number of anilines is 1. The van der Waals surface area contributed by atoms with Gasteiger partial charge in [0.25, 0.3) is 5.91 Å². The number of nitrogens with zero attached hydrogens (tertiary/aromatic N) is 2. The fraction of sp³-hybridized carbons (Fsp3) is 0.550. The fourth-order valence-corrected chi connectivity index (χ4v) is 5.07. The quantitative estimate of drug-likeness (QED) is 0.749. The van der Waals surface area contributed by atoms with E-state index in [1.807, 2.05) is 12.1 Å². The van der Waals surface area contributed by atoms with Crippen LogP contribution in [0.5, 0.6) is 0 Å². The Bertz CT molecular complexity index is 823. The molecule has 2 N–H and O–H groups in total. The van der Waals surface area contributed by atoms with Gasteiger partial charge in [-0.3, -0.25) is 19.7 Å². The molecule has 4 aliphatic rings. The number of hydrogen-bond donors (Lipinski definition) is 2. The first-order valence-corrected chi connectivity index (χ1v) is 9.79. The Labute approximate surface area is 158 Å². The van der Waals surface area contributed by atoms with Crippen molar-refractivity contribution < 1.29 is 14.4 Å². The van der Waals surface area contributed by atoms with Crippen LogP contribution in [0.4, 0.5) is 5.69 Å². The Morgan fingerprint density at radius 1 is 1.07 bits per heavy atom. The molecule has 27 heavy (non-hydrogen) atoms. The zero-order chi connectivity index (χ0) is 18.6. The molecule has 1 aromatic carbocycles. The third kappa shape index (κ3) is 2.64. The van der Waals surface area contributed by atoms with Crippen molar-refractivity contribution in [1.29, 1.82) is 0 Å². The van der Waals surface area contributed by atoms with Gasteiger partial charge in [0.05, 0.1) is 0 Å². The van der Waals surface area contributed by atoms with Gasteiger partial charge in [0.15, 0.2) is 0 Å². The van der Waals surface area contributed by atoms with E-state index in [0.717, 1.165) is 37.4 Å². The fourth-order valence-electron chi connectivity index (χ4n) is 5.07. The Morgan fingerprint density at radius 2 is 1.85 bits per heavy atom. The van der Waals surface area contributed by atoms with Crippen LogP contribution in [-0.4, -0.2) is 54.8 Å². The highest BCUT2D eigenvalue weighted by molar-refractivity contribution is 6.06. The number of carbonyl (C=O) groups excluding carboxylic acids is 3. The smallest absolute Gasteiger partial charge is 0.255 e. The average molecular weight is 368 g/mol. The van der Waals surface area contributed by atoms with Gasteiger partial charge >= 0.3 is 0 Å². The molecule has 1 spiro atoms. The van der Waals surface area contributed by atoms with Crippen LogP contribution in [0.2, 0.25) is 0 Å². The van der Waals surface area contributed by atoms with Crippen molar-refractivity contribution in [3.63, 3.8) is 0 Å². The molecular weight excluding hydrogens is 344 g/mol. The van der Waals surface area contributed by atoms with Crippen molar-refractivity contribution in [3.05, 3.63) is 29.3 Å². The summed E-state index contributed by atoms with van der Waals surface area (Å²) < 4.78 is 0. The molecule has 0 bridgehead atoms. The van der Waals surface area contributed by atoms with Crippen molar-refractivity contribution >= 4 is 23.4 Å². The summed E-state index contributed by atoms with van der Waals surface area (Å²) in [6, 6.07) is 5.33. The van der Waals surface area contributed by atoms with Crippen LogP contribution in [0.1, 0.15) is 41.6 Å². The lowest BCUT2D eigenvalue weighted by Crippen LogP contribution is -2.60. The zero-order valence-corrected chi connectivity index (χ0v) is 15.3. The highest BCUT2D eigenvalue weighted by Gasteiger charge is 2.46. The molecule has 1 atom stereocenters. The van der Waals surface area contributed by atoms with Crippen LogP contribution in [0.25, 0.3) is 0 Å². The summed E-state index contributed by atoms with van der Waals surface area (Å²) in [5, 5.41) is 5.79. The van der Waals surface area contributed by atoms with Gasteiger partial charge < -0.3 is 15.1 Å². The van der Waals surface area contributed by atoms with Crippen molar-refractivity contribution in [2.75, 3.05) is 31.1 Å². The van der Waals surface area contributed by atoms with Gasteiger partial charge in [0.2, 0.25) is 11.8 Å². The maximum atomic E-state index is 12.9. The van der Waals surface area contributed by atoms with Crippen molar-refractivity contribution in [2.24, 2.45) is 5.41 Å². The molecular formula is C20H24N4O3. The van der Waals surface area contributed by atoms with E-state index in [9.17, 15) is 14.4 Å². The van der Waals surface area contributed by atoms with E-state index in [1.165, 1.54) is 12.8 Å². The molecule has 1 unspecified atom stereocenters. The van der Waals surface area contributed by atoms with Crippen molar-refractivity contribution in [2.45, 2.75) is 38.3 Å². The Kier molecular flexibility index (Phi) is 3.75. The SMILES string of the molecule is O=C1CCC(N2Cc3c(cccc3N3CC4(CCNCC4)C3)C2=O)C(=O)N1. The predicted molar refractivity (Wildman–Crippen MR) is 99.2 cm³/mol. The summed E-state index contributed by atoms with van der Waals surface area (Å²) in [6.07, 6.45) is 3.10. The number of carbonyl (C=O) groups is 3. The first-order valence-electron chi connectivity index (χ1n) is 9.79. The Morgan fingerprint density at radius 3 is 2.59 bits per heavy atom. The summed E-state index contributed by atoms with van der Waals surface area (Å²) >= 11 is 0. The third-order valence-corrected chi connectivity index (χ3v) is 6.61. The maximum absolute atomic E-state index is 12.9. The molecule has 4 heterocycles. The normalized spacial score (nSPS) is 26.8. The van der Waals surface area contributed by atoms with E-state index in [0.29, 0.717) is 23.9 Å².